The second-order valence-corrected chi connectivity index (χ2v) is 23.3. The molecule has 0 amide bonds. The summed E-state index contributed by atoms with van der Waals surface area (Å²) in [5.41, 5.74) is 3.03. The molecule has 1 radical (unpaired) electrons. The zero-order valence-corrected chi connectivity index (χ0v) is 30.6. The summed E-state index contributed by atoms with van der Waals surface area (Å²) in [7, 11) is 0. The van der Waals surface area contributed by atoms with Crippen LogP contribution in [0.1, 0.15) is 51.3 Å². The molecule has 1 heterocycles. The Labute approximate surface area is 269 Å². The molecule has 0 aliphatic rings. The predicted molar refractivity (Wildman–Crippen MR) is 170 cm³/mol. The zero-order chi connectivity index (χ0) is 31.6. The molecule has 0 saturated carbocycles. The number of aliphatic hydroxyl groups is 1. The van der Waals surface area contributed by atoms with E-state index >= 15 is 0 Å². The molecule has 0 bridgehead atoms. The number of aliphatic hydroxyl groups excluding tert-OH is 1. The van der Waals surface area contributed by atoms with Crippen LogP contribution >= 0.6 is 0 Å². The smallest absolute Gasteiger partial charge is 0 e. The van der Waals surface area contributed by atoms with Crippen LogP contribution in [0.5, 0.6) is 0 Å². The maximum Gasteiger partial charge on any atom is 0 e. The van der Waals surface area contributed by atoms with Crippen molar-refractivity contribution in [3.8, 4) is 22.4 Å². The summed E-state index contributed by atoms with van der Waals surface area (Å²) in [6.45, 7) is 11.1. The molecule has 1 aromatic heterocycles. The quantitative estimate of drug-likeness (QED) is 0.0966. The van der Waals surface area contributed by atoms with Crippen LogP contribution in [-0.2, 0) is 36.5 Å². The van der Waals surface area contributed by atoms with Gasteiger partial charge in [0.05, 0.1) is 5.76 Å². The van der Waals surface area contributed by atoms with Gasteiger partial charge in [0.1, 0.15) is 0 Å². The van der Waals surface area contributed by atoms with Crippen LogP contribution in [0.15, 0.2) is 72.6 Å². The number of hydrogen-bond donors (Lipinski definition) is 1. The summed E-state index contributed by atoms with van der Waals surface area (Å²) in [5.74, 6) is 6.78. The van der Waals surface area contributed by atoms with Gasteiger partial charge in [-0.05, 0) is 13.8 Å². The first-order valence-electron chi connectivity index (χ1n) is 13.8. The Bertz CT molecular complexity index is 1640. The summed E-state index contributed by atoms with van der Waals surface area (Å²) >= 11 is -2.12. The van der Waals surface area contributed by atoms with Gasteiger partial charge in [-0.2, -0.15) is 0 Å². The number of allylic oxidation sites excluding steroid dienone is 2. The standard InChI is InChI=1S/C30H31F3GeN.C5H8O2.Ir/c1-19-14-22(34(5,6)7)12-13-23(19)25-17-28(35-18-27(25)30(31,32)33)21-15-20-10-8-9-11-24(20)26(16-21)29(2,3)4;1-4(6)3-5(2)7;/h8-14,16-18H,1-7H3;3,6H,1-2H3;/q-1;;/b;4-3-;. The third-order valence-corrected chi connectivity index (χ3v) is 11.1. The van der Waals surface area contributed by atoms with Crippen molar-refractivity contribution in [2.75, 3.05) is 0 Å². The normalized spacial score (nSPS) is 12.3. The van der Waals surface area contributed by atoms with Crippen LogP contribution in [0.2, 0.25) is 17.3 Å². The van der Waals surface area contributed by atoms with Crippen LogP contribution < -0.4 is 4.40 Å². The molecule has 43 heavy (non-hydrogen) atoms. The Morgan fingerprint density at radius 2 is 1.56 bits per heavy atom. The van der Waals surface area contributed by atoms with E-state index in [1.807, 2.05) is 43.3 Å². The van der Waals surface area contributed by atoms with Crippen molar-refractivity contribution in [2.24, 2.45) is 0 Å². The summed E-state index contributed by atoms with van der Waals surface area (Å²) in [6, 6.07) is 20.9. The molecule has 3 nitrogen and oxygen atoms in total. The molecule has 0 fully saturated rings. The molecule has 3 aromatic carbocycles. The van der Waals surface area contributed by atoms with Crippen LogP contribution in [-0.4, -0.2) is 29.1 Å². The molecule has 8 heteroatoms. The largest absolute Gasteiger partial charge is 0 e. The molecule has 0 atom stereocenters. The van der Waals surface area contributed by atoms with Crippen molar-refractivity contribution in [1.82, 2.24) is 4.98 Å². The fourth-order valence-corrected chi connectivity index (χ4v) is 7.35. The minimum Gasteiger partial charge on any atom is 0 e. The summed E-state index contributed by atoms with van der Waals surface area (Å²) in [5, 5.41) is 10.4. The number of alkyl halides is 3. The van der Waals surface area contributed by atoms with Gasteiger partial charge in [-0.15, -0.1) is 0 Å². The Hall–Kier alpha value is -2.74. The Kier molecular flexibility index (Phi) is 11.8. The van der Waals surface area contributed by atoms with Crippen LogP contribution in [0.3, 0.4) is 0 Å². The third kappa shape index (κ3) is 9.37. The third-order valence-electron chi connectivity index (χ3n) is 6.86. The number of carbonyl (C=O) groups is 1. The van der Waals surface area contributed by atoms with Crippen molar-refractivity contribution in [3.05, 3.63) is 95.4 Å². The first-order chi connectivity index (χ1) is 19.3. The summed E-state index contributed by atoms with van der Waals surface area (Å²) in [4.78, 5) is 14.3. The molecule has 231 valence electrons. The predicted octanol–water partition coefficient (Wildman–Crippen LogP) is 9.57. The SMILES string of the molecule is CC(=O)/C=C(/C)O.Cc1c[c]([Ge]([CH3])([CH3])[CH3])ccc1-c1cc(-c2[c-]c3ccccc3c(C(C)(C)C)c2)ncc1C(F)(F)F.[Ir]. The number of aromatic nitrogens is 1. The Morgan fingerprint density at radius 3 is 2.05 bits per heavy atom. The molecule has 4 aromatic rings. The van der Waals surface area contributed by atoms with Crippen molar-refractivity contribution in [2.45, 2.75) is 70.4 Å². The van der Waals surface area contributed by atoms with Gasteiger partial charge in [-0.1, -0.05) is 6.07 Å². The second kappa shape index (κ2) is 13.9. The van der Waals surface area contributed by atoms with E-state index in [0.29, 0.717) is 16.8 Å². The maximum atomic E-state index is 14.1. The topological polar surface area (TPSA) is 50.2 Å². The second-order valence-electron chi connectivity index (χ2n) is 12.7. The van der Waals surface area contributed by atoms with E-state index < -0.39 is 25.0 Å². The minimum atomic E-state index is -4.50. The first-order valence-corrected chi connectivity index (χ1v) is 21.2. The molecular formula is C35H39F3GeIrNO2-. The monoisotopic (exact) mass is 829 g/mol. The molecule has 1 N–H and O–H groups in total. The average molecular weight is 828 g/mol. The van der Waals surface area contributed by atoms with Gasteiger partial charge in [-0.3, -0.25) is 4.79 Å². The van der Waals surface area contributed by atoms with Crippen molar-refractivity contribution in [3.63, 3.8) is 0 Å². The minimum absolute atomic E-state index is 0. The van der Waals surface area contributed by atoms with Gasteiger partial charge in [0.15, 0.2) is 5.78 Å². The number of carbonyl (C=O) groups excluding carboxylic acids is 1. The number of aryl methyl sites for hydroxylation is 1. The fraction of sp³-hybridized carbons (Fsp3) is 0.314. The molecule has 0 unspecified atom stereocenters. The maximum absolute atomic E-state index is 14.1. The molecule has 0 aliphatic carbocycles. The Balaban J connectivity index is 0.000000721. The van der Waals surface area contributed by atoms with Gasteiger partial charge in [0, 0.05) is 26.2 Å². The van der Waals surface area contributed by atoms with Crippen LogP contribution in [0.25, 0.3) is 33.2 Å². The van der Waals surface area contributed by atoms with Gasteiger partial charge < -0.3 is 5.11 Å². The number of pyridine rings is 1. The molecule has 4 rings (SSSR count). The number of ketones is 1. The Morgan fingerprint density at radius 1 is 0.930 bits per heavy atom. The molecular weight excluding hydrogens is 788 g/mol. The number of halogens is 3. The van der Waals surface area contributed by atoms with E-state index in [1.54, 1.807) is 6.07 Å². The van der Waals surface area contributed by atoms with Gasteiger partial charge in [-0.25, -0.2) is 0 Å². The van der Waals surface area contributed by atoms with Gasteiger partial charge in [0.25, 0.3) is 0 Å². The van der Waals surface area contributed by atoms with Crippen molar-refractivity contribution < 1.29 is 43.2 Å². The van der Waals surface area contributed by atoms with E-state index in [9.17, 15) is 18.0 Å². The number of rotatable bonds is 4. The average Bonchev–Trinajstić information content (AvgIpc) is 2.85. The van der Waals surface area contributed by atoms with E-state index in [-0.39, 0.29) is 42.6 Å². The summed E-state index contributed by atoms with van der Waals surface area (Å²) < 4.78 is 43.4. The van der Waals surface area contributed by atoms with E-state index in [1.165, 1.54) is 24.3 Å². The zero-order valence-electron chi connectivity index (χ0n) is 26.1. The van der Waals surface area contributed by atoms with Crippen molar-refractivity contribution >= 4 is 34.2 Å². The first kappa shape index (κ1) is 36.5. The molecule has 0 aliphatic heterocycles. The van der Waals surface area contributed by atoms with Gasteiger partial charge in [0.2, 0.25) is 0 Å². The number of nitrogens with zero attached hydrogens (tertiary/aromatic N) is 1. The van der Waals surface area contributed by atoms with E-state index in [0.717, 1.165) is 28.1 Å². The number of fused-ring (bicyclic) bond motifs is 1. The number of benzene rings is 3. The van der Waals surface area contributed by atoms with Gasteiger partial charge >= 0.3 is 203 Å². The van der Waals surface area contributed by atoms with Crippen molar-refractivity contribution in [1.29, 1.82) is 0 Å². The van der Waals surface area contributed by atoms with E-state index in [4.69, 9.17) is 5.11 Å². The summed E-state index contributed by atoms with van der Waals surface area (Å²) in [6.07, 6.45) is -2.36. The van der Waals surface area contributed by atoms with Crippen LogP contribution in [0, 0.1) is 13.0 Å². The molecule has 0 spiro atoms. The fourth-order valence-electron chi connectivity index (χ4n) is 4.77. The van der Waals surface area contributed by atoms with Crippen LogP contribution in [0.4, 0.5) is 13.2 Å². The molecule has 0 saturated heterocycles. The van der Waals surface area contributed by atoms with E-state index in [2.05, 4.69) is 61.2 Å². The number of hydrogen-bond acceptors (Lipinski definition) is 3.